The Labute approximate surface area is 190 Å². The average molecular weight is 439 g/mol. The number of fused-ring (bicyclic) bond motifs is 1. The van der Waals surface area contributed by atoms with Gasteiger partial charge in [-0.3, -0.25) is 14.4 Å². The van der Waals surface area contributed by atoms with Crippen LogP contribution in [0.15, 0.2) is 36.5 Å². The lowest BCUT2D eigenvalue weighted by Crippen LogP contribution is -2.39. The molecule has 2 atom stereocenters. The highest BCUT2D eigenvalue weighted by molar-refractivity contribution is 5.79. The molecule has 1 aliphatic carbocycles. The van der Waals surface area contributed by atoms with Gasteiger partial charge >= 0.3 is 0 Å². The number of nitrogens with zero attached hydrogens (tertiary/aromatic N) is 3. The quantitative estimate of drug-likeness (QED) is 0.661. The minimum atomic E-state index is -0.451. The third-order valence-electron chi connectivity index (χ3n) is 6.55. The Hall–Kier alpha value is -2.64. The molecule has 2 heterocycles. The summed E-state index contributed by atoms with van der Waals surface area (Å²) in [6.07, 6.45) is 7.75. The number of para-hydroxylation sites is 1. The molecule has 0 bridgehead atoms. The van der Waals surface area contributed by atoms with Crippen molar-refractivity contribution in [3.05, 3.63) is 53.4 Å². The fourth-order valence-corrected chi connectivity index (χ4v) is 4.79. The van der Waals surface area contributed by atoms with Crippen LogP contribution in [0.2, 0.25) is 0 Å². The Kier molecular flexibility index (Phi) is 7.27. The molecule has 1 unspecified atom stereocenters. The van der Waals surface area contributed by atoms with E-state index < -0.39 is 6.10 Å². The van der Waals surface area contributed by atoms with Crippen LogP contribution in [-0.4, -0.2) is 65.1 Å². The normalized spacial score (nSPS) is 19.7. The number of amides is 1. The number of carbonyl (C=O) groups is 1. The number of β-amino-alcohol motifs (C(OH)–C–C–N with tert-alkyl or cyclic N) is 1. The summed E-state index contributed by atoms with van der Waals surface area (Å²) in [6.45, 7) is 2.84. The van der Waals surface area contributed by atoms with Gasteiger partial charge in [-0.15, -0.1) is 0 Å². The number of rotatable bonds is 8. The van der Waals surface area contributed by atoms with Crippen molar-refractivity contribution >= 4 is 11.5 Å². The number of hydrogen-bond donors (Lipinski definition) is 2. The van der Waals surface area contributed by atoms with Gasteiger partial charge in [-0.25, -0.2) is 0 Å². The van der Waals surface area contributed by atoms with Crippen LogP contribution in [0.25, 0.3) is 5.57 Å². The van der Waals surface area contributed by atoms with E-state index in [2.05, 4.69) is 27.5 Å². The molecule has 1 aromatic carbocycles. The van der Waals surface area contributed by atoms with Gasteiger partial charge < -0.3 is 15.2 Å². The van der Waals surface area contributed by atoms with E-state index in [1.807, 2.05) is 36.1 Å². The van der Waals surface area contributed by atoms with Crippen LogP contribution in [-0.2, 0) is 24.7 Å². The second-order valence-corrected chi connectivity index (χ2v) is 8.89. The lowest BCUT2D eigenvalue weighted by Gasteiger charge is -2.29. The Bertz CT molecular complexity index is 968. The number of hydrogen-bond acceptors (Lipinski definition) is 5. The van der Waals surface area contributed by atoms with E-state index in [9.17, 15) is 9.90 Å². The van der Waals surface area contributed by atoms with Crippen molar-refractivity contribution in [2.75, 3.05) is 33.3 Å². The largest absolute Gasteiger partial charge is 0.496 e. The third kappa shape index (κ3) is 5.40. The summed E-state index contributed by atoms with van der Waals surface area (Å²) in [5, 5.41) is 18.0. The average Bonchev–Trinajstić information content (AvgIpc) is 3.18. The van der Waals surface area contributed by atoms with Crippen LogP contribution in [0.4, 0.5) is 0 Å². The lowest BCUT2D eigenvalue weighted by atomic mass is 9.87. The van der Waals surface area contributed by atoms with Gasteiger partial charge in [0.25, 0.3) is 0 Å². The van der Waals surface area contributed by atoms with Gasteiger partial charge in [0, 0.05) is 50.9 Å². The number of aromatic nitrogens is 2. The second-order valence-electron chi connectivity index (χ2n) is 8.89. The molecule has 0 spiro atoms. The van der Waals surface area contributed by atoms with Gasteiger partial charge in [-0.05, 0) is 49.3 Å². The summed E-state index contributed by atoms with van der Waals surface area (Å²) >= 11 is 0. The molecule has 0 saturated heterocycles. The maximum Gasteiger partial charge on any atom is 0.223 e. The smallest absolute Gasteiger partial charge is 0.223 e. The minimum absolute atomic E-state index is 0.00414. The molecule has 0 saturated carbocycles. The summed E-state index contributed by atoms with van der Waals surface area (Å²) in [4.78, 5) is 14.8. The van der Waals surface area contributed by atoms with Gasteiger partial charge in [-0.2, -0.15) is 5.10 Å². The summed E-state index contributed by atoms with van der Waals surface area (Å²) in [7, 11) is 3.63. The highest BCUT2D eigenvalue weighted by Crippen LogP contribution is 2.30. The first kappa shape index (κ1) is 22.6. The minimum Gasteiger partial charge on any atom is -0.496 e. The van der Waals surface area contributed by atoms with Crippen LogP contribution in [0.1, 0.15) is 36.1 Å². The number of ether oxygens (including phenoxy) is 1. The van der Waals surface area contributed by atoms with Crippen LogP contribution in [0, 0.1) is 5.92 Å². The number of benzene rings is 1. The molecular formula is C25H34N4O3. The van der Waals surface area contributed by atoms with E-state index in [1.165, 1.54) is 11.1 Å². The summed E-state index contributed by atoms with van der Waals surface area (Å²) < 4.78 is 7.31. The molecule has 1 amide bonds. The molecular weight excluding hydrogens is 404 g/mol. The van der Waals surface area contributed by atoms with Crippen molar-refractivity contribution in [1.29, 1.82) is 0 Å². The Morgan fingerprint density at radius 1 is 1.34 bits per heavy atom. The predicted octanol–water partition coefficient (Wildman–Crippen LogP) is 2.19. The fourth-order valence-electron chi connectivity index (χ4n) is 4.79. The topological polar surface area (TPSA) is 79.6 Å². The van der Waals surface area contributed by atoms with E-state index in [4.69, 9.17) is 4.74 Å². The van der Waals surface area contributed by atoms with Gasteiger partial charge in [-0.1, -0.05) is 24.3 Å². The predicted molar refractivity (Wildman–Crippen MR) is 124 cm³/mol. The monoisotopic (exact) mass is 438 g/mol. The first-order valence-corrected chi connectivity index (χ1v) is 11.6. The van der Waals surface area contributed by atoms with Crippen molar-refractivity contribution in [3.8, 4) is 5.75 Å². The molecule has 1 aromatic heterocycles. The van der Waals surface area contributed by atoms with Crippen LogP contribution >= 0.6 is 0 Å². The lowest BCUT2D eigenvalue weighted by molar-refractivity contribution is -0.125. The molecule has 2 aromatic rings. The third-order valence-corrected chi connectivity index (χ3v) is 6.55. The van der Waals surface area contributed by atoms with E-state index in [-0.39, 0.29) is 11.8 Å². The van der Waals surface area contributed by atoms with E-state index in [0.29, 0.717) is 19.5 Å². The van der Waals surface area contributed by atoms with Gasteiger partial charge in [0.2, 0.25) is 5.91 Å². The molecule has 32 heavy (non-hydrogen) atoms. The Morgan fingerprint density at radius 2 is 2.19 bits per heavy atom. The molecule has 4 rings (SSSR count). The molecule has 7 nitrogen and oxygen atoms in total. The molecule has 172 valence electrons. The second kappa shape index (κ2) is 10.3. The van der Waals surface area contributed by atoms with Gasteiger partial charge in [0.1, 0.15) is 5.75 Å². The number of aryl methyl sites for hydroxylation is 2. The highest BCUT2D eigenvalue weighted by atomic mass is 16.5. The summed E-state index contributed by atoms with van der Waals surface area (Å²) in [6, 6.07) is 8.10. The Balaban J connectivity index is 1.18. The maximum atomic E-state index is 12.6. The highest BCUT2D eigenvalue weighted by Gasteiger charge is 2.26. The zero-order valence-corrected chi connectivity index (χ0v) is 19.1. The van der Waals surface area contributed by atoms with Crippen molar-refractivity contribution in [2.24, 2.45) is 13.0 Å². The molecule has 0 fully saturated rings. The maximum absolute atomic E-state index is 12.6. The van der Waals surface area contributed by atoms with Crippen molar-refractivity contribution in [3.63, 3.8) is 0 Å². The molecule has 2 N–H and O–H groups in total. The SMILES string of the molecule is COc1ccccc1C1=CCN(C[C@H](O)CCNC(=O)C2CCc3nn(C)cc3C2)CC1. The zero-order chi connectivity index (χ0) is 22.5. The Morgan fingerprint density at radius 3 is 2.97 bits per heavy atom. The molecule has 7 heteroatoms. The number of methoxy groups -OCH3 is 1. The standard InChI is InChI=1S/C25H34N4O3/c1-28-16-20-15-19(7-8-23(20)27-28)25(31)26-12-9-21(30)17-29-13-10-18(11-14-29)22-5-3-4-6-24(22)32-2/h3-6,10,16,19,21,30H,7-9,11-15,17H2,1-2H3,(H,26,31)/t19?,21-/m1/s1. The van der Waals surface area contributed by atoms with Crippen molar-refractivity contribution in [1.82, 2.24) is 20.0 Å². The van der Waals surface area contributed by atoms with Crippen LogP contribution < -0.4 is 10.1 Å². The van der Waals surface area contributed by atoms with Crippen molar-refractivity contribution in [2.45, 2.75) is 38.2 Å². The van der Waals surface area contributed by atoms with E-state index in [1.54, 1.807) is 7.11 Å². The van der Waals surface area contributed by atoms with E-state index >= 15 is 0 Å². The molecule has 0 radical (unpaired) electrons. The first-order chi connectivity index (χ1) is 15.5. The fraction of sp³-hybridized carbons (Fsp3) is 0.520. The van der Waals surface area contributed by atoms with Crippen molar-refractivity contribution < 1.29 is 14.6 Å². The van der Waals surface area contributed by atoms with Crippen LogP contribution in [0.5, 0.6) is 5.75 Å². The summed E-state index contributed by atoms with van der Waals surface area (Å²) in [5.41, 5.74) is 4.75. The molecule has 2 aliphatic rings. The van der Waals surface area contributed by atoms with Crippen LogP contribution in [0.3, 0.4) is 0 Å². The number of carbonyl (C=O) groups excluding carboxylic acids is 1. The van der Waals surface area contributed by atoms with E-state index in [0.717, 1.165) is 55.8 Å². The zero-order valence-electron chi connectivity index (χ0n) is 19.1. The number of aliphatic hydroxyl groups is 1. The number of nitrogens with one attached hydrogen (secondary N) is 1. The molecule has 1 aliphatic heterocycles. The first-order valence-electron chi connectivity index (χ1n) is 11.6. The summed E-state index contributed by atoms with van der Waals surface area (Å²) in [5.74, 6) is 0.999. The number of aliphatic hydroxyl groups excluding tert-OH is 1. The van der Waals surface area contributed by atoms with Gasteiger partial charge in [0.05, 0.1) is 18.9 Å². The van der Waals surface area contributed by atoms with Gasteiger partial charge in [0.15, 0.2) is 0 Å².